The third-order valence-corrected chi connectivity index (χ3v) is 3.03. The van der Waals surface area contributed by atoms with Crippen molar-refractivity contribution in [2.75, 3.05) is 5.73 Å². The summed E-state index contributed by atoms with van der Waals surface area (Å²) in [5, 5.41) is 8.58. The zero-order chi connectivity index (χ0) is 10.1. The lowest BCUT2D eigenvalue weighted by atomic mass is 10.1. The lowest BCUT2D eigenvalue weighted by molar-refractivity contribution is 0.782. The van der Waals surface area contributed by atoms with Crippen LogP contribution in [0.2, 0.25) is 0 Å². The summed E-state index contributed by atoms with van der Waals surface area (Å²) in [6, 6.07) is 2.08. The van der Waals surface area contributed by atoms with Gasteiger partial charge in [0.1, 0.15) is 5.82 Å². The van der Waals surface area contributed by atoms with Gasteiger partial charge in [-0.1, -0.05) is 6.92 Å². The molecule has 74 valence electrons. The first kappa shape index (κ1) is 9.27. The third-order valence-electron chi connectivity index (χ3n) is 2.34. The molecule has 2 N–H and O–H groups in total. The van der Waals surface area contributed by atoms with Gasteiger partial charge in [-0.2, -0.15) is 16.4 Å². The Morgan fingerprint density at radius 3 is 2.93 bits per heavy atom. The number of nitrogen functional groups attached to an aromatic ring is 1. The van der Waals surface area contributed by atoms with Crippen LogP contribution in [0.5, 0.6) is 0 Å². The molecule has 0 aromatic carbocycles. The van der Waals surface area contributed by atoms with Gasteiger partial charge in [-0.3, -0.25) is 4.68 Å². The van der Waals surface area contributed by atoms with Crippen LogP contribution in [0.1, 0.15) is 12.5 Å². The van der Waals surface area contributed by atoms with E-state index < -0.39 is 0 Å². The molecule has 0 aliphatic rings. The van der Waals surface area contributed by atoms with Crippen molar-refractivity contribution in [3.05, 3.63) is 22.4 Å². The molecule has 2 aromatic rings. The first-order valence-electron chi connectivity index (χ1n) is 4.58. The van der Waals surface area contributed by atoms with Gasteiger partial charge >= 0.3 is 0 Å². The summed E-state index contributed by atoms with van der Waals surface area (Å²) in [4.78, 5) is 0. The standard InChI is InChI=1S/C10H13N3S/c1-3-8-9(7-4-5-14-6-7)12-13(2)10(8)11/h4-6H,3,11H2,1-2H3. The van der Waals surface area contributed by atoms with E-state index in [4.69, 9.17) is 5.73 Å². The number of nitrogens with two attached hydrogens (primary N) is 1. The molecule has 2 aromatic heterocycles. The van der Waals surface area contributed by atoms with Gasteiger partial charge in [0.15, 0.2) is 0 Å². The summed E-state index contributed by atoms with van der Waals surface area (Å²) in [7, 11) is 1.88. The minimum atomic E-state index is 0.772. The van der Waals surface area contributed by atoms with Crippen LogP contribution in [-0.4, -0.2) is 9.78 Å². The molecular formula is C10H13N3S. The average molecular weight is 207 g/mol. The predicted molar refractivity (Wildman–Crippen MR) is 60.3 cm³/mol. The fourth-order valence-corrected chi connectivity index (χ4v) is 2.20. The number of aryl methyl sites for hydroxylation is 1. The van der Waals surface area contributed by atoms with Crippen molar-refractivity contribution in [2.45, 2.75) is 13.3 Å². The zero-order valence-corrected chi connectivity index (χ0v) is 9.14. The minimum Gasteiger partial charge on any atom is -0.384 e. The van der Waals surface area contributed by atoms with Gasteiger partial charge in [-0.25, -0.2) is 0 Å². The van der Waals surface area contributed by atoms with Gasteiger partial charge in [0.2, 0.25) is 0 Å². The summed E-state index contributed by atoms with van der Waals surface area (Å²) in [6.45, 7) is 2.10. The van der Waals surface area contributed by atoms with Crippen molar-refractivity contribution in [1.82, 2.24) is 9.78 Å². The molecule has 0 fully saturated rings. The Hall–Kier alpha value is -1.29. The maximum absolute atomic E-state index is 5.92. The number of hydrogen-bond acceptors (Lipinski definition) is 3. The van der Waals surface area contributed by atoms with Crippen molar-refractivity contribution in [2.24, 2.45) is 7.05 Å². The molecule has 0 aliphatic carbocycles. The van der Waals surface area contributed by atoms with E-state index in [1.165, 1.54) is 5.56 Å². The minimum absolute atomic E-state index is 0.772. The maximum Gasteiger partial charge on any atom is 0.125 e. The lowest BCUT2D eigenvalue weighted by Crippen LogP contribution is -1.98. The van der Waals surface area contributed by atoms with E-state index >= 15 is 0 Å². The number of anilines is 1. The van der Waals surface area contributed by atoms with Gasteiger partial charge < -0.3 is 5.73 Å². The van der Waals surface area contributed by atoms with Crippen LogP contribution in [0, 0.1) is 0 Å². The monoisotopic (exact) mass is 207 g/mol. The summed E-state index contributed by atoms with van der Waals surface area (Å²) in [6.07, 6.45) is 0.921. The number of thiophene rings is 1. The number of hydrogen-bond donors (Lipinski definition) is 1. The van der Waals surface area contributed by atoms with Crippen LogP contribution in [0.25, 0.3) is 11.3 Å². The average Bonchev–Trinajstić information content (AvgIpc) is 2.76. The molecule has 0 saturated carbocycles. The highest BCUT2D eigenvalue weighted by molar-refractivity contribution is 7.08. The topological polar surface area (TPSA) is 43.8 Å². The van der Waals surface area contributed by atoms with E-state index in [2.05, 4.69) is 28.8 Å². The Labute approximate surface area is 87.2 Å². The second-order valence-corrected chi connectivity index (χ2v) is 3.98. The van der Waals surface area contributed by atoms with E-state index in [1.54, 1.807) is 16.0 Å². The number of aromatic nitrogens is 2. The highest BCUT2D eigenvalue weighted by Gasteiger charge is 2.13. The zero-order valence-electron chi connectivity index (χ0n) is 8.32. The molecule has 4 heteroatoms. The molecule has 0 radical (unpaired) electrons. The van der Waals surface area contributed by atoms with Crippen LogP contribution in [0.15, 0.2) is 16.8 Å². The Morgan fingerprint density at radius 2 is 2.36 bits per heavy atom. The molecule has 2 rings (SSSR count). The van der Waals surface area contributed by atoms with E-state index in [0.717, 1.165) is 23.5 Å². The number of rotatable bonds is 2. The Bertz CT molecular complexity index is 428. The van der Waals surface area contributed by atoms with Crippen molar-refractivity contribution in [1.29, 1.82) is 0 Å². The predicted octanol–water partition coefficient (Wildman–Crippen LogP) is 2.29. The largest absolute Gasteiger partial charge is 0.384 e. The number of nitrogens with zero attached hydrogens (tertiary/aromatic N) is 2. The molecule has 3 nitrogen and oxygen atoms in total. The highest BCUT2D eigenvalue weighted by atomic mass is 32.1. The molecular weight excluding hydrogens is 194 g/mol. The molecule has 0 aliphatic heterocycles. The van der Waals surface area contributed by atoms with Crippen molar-refractivity contribution < 1.29 is 0 Å². The maximum atomic E-state index is 5.92. The summed E-state index contributed by atoms with van der Waals surface area (Å²) >= 11 is 1.68. The second kappa shape index (κ2) is 3.46. The smallest absolute Gasteiger partial charge is 0.125 e. The van der Waals surface area contributed by atoms with Gasteiger partial charge in [-0.15, -0.1) is 0 Å². The van der Waals surface area contributed by atoms with E-state index in [1.807, 2.05) is 7.05 Å². The summed E-state index contributed by atoms with van der Waals surface area (Å²) < 4.78 is 1.74. The second-order valence-electron chi connectivity index (χ2n) is 3.20. The summed E-state index contributed by atoms with van der Waals surface area (Å²) in [5.74, 6) is 0.772. The molecule has 0 atom stereocenters. The van der Waals surface area contributed by atoms with Crippen LogP contribution >= 0.6 is 11.3 Å². The molecule has 0 amide bonds. The lowest BCUT2D eigenvalue weighted by Gasteiger charge is -1.97. The quantitative estimate of drug-likeness (QED) is 0.821. The van der Waals surface area contributed by atoms with Crippen LogP contribution in [0.3, 0.4) is 0 Å². The first-order valence-corrected chi connectivity index (χ1v) is 5.52. The SMILES string of the molecule is CCc1c(-c2ccsc2)nn(C)c1N. The van der Waals surface area contributed by atoms with E-state index in [9.17, 15) is 0 Å². The molecule has 0 unspecified atom stereocenters. The third kappa shape index (κ3) is 1.32. The fourth-order valence-electron chi connectivity index (χ4n) is 1.56. The molecule has 0 bridgehead atoms. The molecule has 0 spiro atoms. The van der Waals surface area contributed by atoms with Crippen molar-refractivity contribution >= 4 is 17.2 Å². The van der Waals surface area contributed by atoms with Gasteiger partial charge in [0.05, 0.1) is 5.69 Å². The Morgan fingerprint density at radius 1 is 1.57 bits per heavy atom. The fraction of sp³-hybridized carbons (Fsp3) is 0.300. The Kier molecular flexibility index (Phi) is 2.29. The molecule has 14 heavy (non-hydrogen) atoms. The van der Waals surface area contributed by atoms with Gasteiger partial charge in [0.25, 0.3) is 0 Å². The molecule has 0 saturated heterocycles. The normalized spacial score (nSPS) is 10.7. The Balaban J connectivity index is 2.59. The molecule has 2 heterocycles. The van der Waals surface area contributed by atoms with E-state index in [0.29, 0.717) is 0 Å². The van der Waals surface area contributed by atoms with Crippen LogP contribution < -0.4 is 5.73 Å². The van der Waals surface area contributed by atoms with Crippen molar-refractivity contribution in [3.8, 4) is 11.3 Å². The van der Waals surface area contributed by atoms with Crippen LogP contribution in [0.4, 0.5) is 5.82 Å². The van der Waals surface area contributed by atoms with Crippen molar-refractivity contribution in [3.63, 3.8) is 0 Å². The van der Waals surface area contributed by atoms with Gasteiger partial charge in [0, 0.05) is 23.6 Å². The van der Waals surface area contributed by atoms with Gasteiger partial charge in [-0.05, 0) is 17.9 Å². The van der Waals surface area contributed by atoms with Crippen LogP contribution in [-0.2, 0) is 13.5 Å². The first-order chi connectivity index (χ1) is 6.74. The highest BCUT2D eigenvalue weighted by Crippen LogP contribution is 2.28. The van der Waals surface area contributed by atoms with E-state index in [-0.39, 0.29) is 0 Å². The summed E-state index contributed by atoms with van der Waals surface area (Å²) in [5.41, 5.74) is 9.26.